The summed E-state index contributed by atoms with van der Waals surface area (Å²) >= 11 is 6.35. The Morgan fingerprint density at radius 1 is 1.23 bits per heavy atom. The maximum atomic E-state index is 6.35. The van der Waals surface area contributed by atoms with Crippen molar-refractivity contribution in [2.75, 3.05) is 30.7 Å². The summed E-state index contributed by atoms with van der Waals surface area (Å²) in [5.74, 6) is 2.46. The predicted octanol–water partition coefficient (Wildman–Crippen LogP) is 4.28. The van der Waals surface area contributed by atoms with Gasteiger partial charge in [-0.05, 0) is 61.1 Å². The molecule has 3 aromatic heterocycles. The first-order chi connectivity index (χ1) is 17.1. The largest absolute Gasteiger partial charge is 0.397 e. The molecule has 1 fully saturated rings. The van der Waals surface area contributed by atoms with E-state index in [1.165, 1.54) is 12.8 Å². The smallest absolute Gasteiger partial charge is 0.159 e. The Bertz CT molecular complexity index is 1430. The Morgan fingerprint density at radius 2 is 2.11 bits per heavy atom. The zero-order valence-electron chi connectivity index (χ0n) is 19.8. The molecule has 6 rings (SSSR count). The van der Waals surface area contributed by atoms with Crippen LogP contribution in [0.4, 0.5) is 11.5 Å². The van der Waals surface area contributed by atoms with Crippen molar-refractivity contribution in [3.63, 3.8) is 0 Å². The molecule has 0 unspecified atom stereocenters. The van der Waals surface area contributed by atoms with Crippen molar-refractivity contribution in [3.8, 4) is 11.4 Å². The van der Waals surface area contributed by atoms with Crippen LogP contribution in [-0.4, -0.2) is 44.8 Å². The van der Waals surface area contributed by atoms with Gasteiger partial charge in [-0.1, -0.05) is 11.6 Å². The highest BCUT2D eigenvalue weighted by Gasteiger charge is 2.28. The summed E-state index contributed by atoms with van der Waals surface area (Å²) in [7, 11) is 2.02. The molecule has 2 aliphatic rings. The van der Waals surface area contributed by atoms with Crippen molar-refractivity contribution in [1.82, 2.24) is 24.6 Å². The molecule has 0 amide bonds. The number of benzene rings is 1. The van der Waals surface area contributed by atoms with Crippen LogP contribution in [0.1, 0.15) is 30.4 Å². The molecule has 1 aliphatic heterocycles. The van der Waals surface area contributed by atoms with E-state index in [0.29, 0.717) is 17.3 Å². The van der Waals surface area contributed by atoms with Crippen molar-refractivity contribution in [2.24, 2.45) is 18.0 Å². The number of pyridine rings is 1. The van der Waals surface area contributed by atoms with E-state index in [2.05, 4.69) is 24.9 Å². The lowest BCUT2D eigenvalue weighted by molar-refractivity contribution is 0.691. The van der Waals surface area contributed by atoms with E-state index in [9.17, 15) is 0 Å². The number of nitrogens with one attached hydrogen (secondary N) is 2. The fourth-order valence-electron chi connectivity index (χ4n) is 4.75. The molecular formula is C26H29ClN8. The topological polar surface area (TPSA) is 98.1 Å². The summed E-state index contributed by atoms with van der Waals surface area (Å²) in [6.07, 6.45) is 7.35. The highest BCUT2D eigenvalue weighted by atomic mass is 35.5. The number of amidine groups is 1. The number of aromatic nitrogens is 4. The van der Waals surface area contributed by atoms with Gasteiger partial charge in [0, 0.05) is 49.5 Å². The highest BCUT2D eigenvalue weighted by Crippen LogP contribution is 2.35. The lowest BCUT2D eigenvalue weighted by Crippen LogP contribution is -2.31. The fourth-order valence-corrected chi connectivity index (χ4v) is 4.92. The summed E-state index contributed by atoms with van der Waals surface area (Å²) < 4.78 is 4.12. The van der Waals surface area contributed by atoms with Crippen LogP contribution >= 0.6 is 11.6 Å². The van der Waals surface area contributed by atoms with Crippen LogP contribution in [0.2, 0.25) is 5.02 Å². The molecule has 0 radical (unpaired) electrons. The monoisotopic (exact) mass is 488 g/mol. The number of hydrogen-bond acceptors (Lipinski definition) is 6. The van der Waals surface area contributed by atoms with Crippen LogP contribution < -0.4 is 16.4 Å². The SMILES string of the molecule is Cn1cc(N)cc1-c1c(C2=NCCCN2)c(NCC2CC2)nn1Cc1ccnc2ccc(Cl)cc12. The summed E-state index contributed by atoms with van der Waals surface area (Å²) in [4.78, 5) is 9.38. The molecule has 0 spiro atoms. The second-order valence-electron chi connectivity index (χ2n) is 9.47. The van der Waals surface area contributed by atoms with Gasteiger partial charge in [0.25, 0.3) is 0 Å². The average molecular weight is 489 g/mol. The van der Waals surface area contributed by atoms with Gasteiger partial charge in [0.1, 0.15) is 5.84 Å². The van der Waals surface area contributed by atoms with E-state index >= 15 is 0 Å². The number of fused-ring (bicyclic) bond motifs is 1. The normalized spacial score (nSPS) is 15.8. The zero-order chi connectivity index (χ0) is 23.9. The number of nitrogens with two attached hydrogens (primary N) is 1. The van der Waals surface area contributed by atoms with Gasteiger partial charge in [0.05, 0.1) is 34.7 Å². The molecule has 0 bridgehead atoms. The second-order valence-corrected chi connectivity index (χ2v) is 9.90. The van der Waals surface area contributed by atoms with E-state index in [-0.39, 0.29) is 0 Å². The number of anilines is 2. The first-order valence-corrected chi connectivity index (χ1v) is 12.5. The molecular weight excluding hydrogens is 460 g/mol. The lowest BCUT2D eigenvalue weighted by Gasteiger charge is -2.17. The molecule has 9 heteroatoms. The molecule has 0 atom stereocenters. The predicted molar refractivity (Wildman–Crippen MR) is 142 cm³/mol. The Hall–Kier alpha value is -3.52. The Kier molecular flexibility index (Phi) is 5.60. The van der Waals surface area contributed by atoms with E-state index in [1.54, 1.807) is 0 Å². The first-order valence-electron chi connectivity index (χ1n) is 12.2. The summed E-state index contributed by atoms with van der Waals surface area (Å²) in [6.45, 7) is 3.18. The number of aryl methyl sites for hydroxylation is 1. The summed E-state index contributed by atoms with van der Waals surface area (Å²) in [5, 5.41) is 14.0. The second kappa shape index (κ2) is 8.92. The number of rotatable bonds is 7. The number of halogens is 1. The van der Waals surface area contributed by atoms with Gasteiger partial charge in [0.2, 0.25) is 0 Å². The van der Waals surface area contributed by atoms with E-state index in [4.69, 9.17) is 27.4 Å². The van der Waals surface area contributed by atoms with Crippen LogP contribution in [0.3, 0.4) is 0 Å². The number of nitrogen functional groups attached to an aromatic ring is 1. The maximum absolute atomic E-state index is 6.35. The van der Waals surface area contributed by atoms with E-state index < -0.39 is 0 Å². The van der Waals surface area contributed by atoms with E-state index in [0.717, 1.165) is 77.0 Å². The van der Waals surface area contributed by atoms with Crippen molar-refractivity contribution in [1.29, 1.82) is 0 Å². The third kappa shape index (κ3) is 4.34. The van der Waals surface area contributed by atoms with Gasteiger partial charge in [-0.3, -0.25) is 14.7 Å². The zero-order valence-corrected chi connectivity index (χ0v) is 20.5. The molecule has 4 aromatic rings. The van der Waals surface area contributed by atoms with Crippen molar-refractivity contribution >= 4 is 39.8 Å². The van der Waals surface area contributed by atoms with Crippen LogP contribution in [0.15, 0.2) is 47.7 Å². The van der Waals surface area contributed by atoms with Gasteiger partial charge in [0.15, 0.2) is 5.82 Å². The minimum atomic E-state index is 0.561. The third-order valence-corrected chi connectivity index (χ3v) is 6.96. The summed E-state index contributed by atoms with van der Waals surface area (Å²) in [5.41, 5.74) is 11.9. The van der Waals surface area contributed by atoms with Crippen LogP contribution in [-0.2, 0) is 13.6 Å². The number of nitrogens with zero attached hydrogens (tertiary/aromatic N) is 5. The molecule has 1 aromatic carbocycles. The summed E-state index contributed by atoms with van der Waals surface area (Å²) in [6, 6.07) is 9.85. The lowest BCUT2D eigenvalue weighted by atomic mass is 10.1. The van der Waals surface area contributed by atoms with Crippen molar-refractivity contribution in [2.45, 2.75) is 25.8 Å². The molecule has 1 aliphatic carbocycles. The Labute approximate surface area is 209 Å². The molecule has 0 saturated heterocycles. The van der Waals surface area contributed by atoms with Crippen molar-refractivity contribution < 1.29 is 0 Å². The van der Waals surface area contributed by atoms with Gasteiger partial charge in [-0.15, -0.1) is 0 Å². The highest BCUT2D eigenvalue weighted by molar-refractivity contribution is 6.31. The first kappa shape index (κ1) is 22.0. The van der Waals surface area contributed by atoms with Crippen LogP contribution in [0, 0.1) is 5.92 Å². The molecule has 4 heterocycles. The van der Waals surface area contributed by atoms with Gasteiger partial charge in [-0.25, -0.2) is 0 Å². The van der Waals surface area contributed by atoms with Crippen LogP contribution in [0.5, 0.6) is 0 Å². The Morgan fingerprint density at radius 3 is 2.86 bits per heavy atom. The van der Waals surface area contributed by atoms with Gasteiger partial charge in [-0.2, -0.15) is 5.10 Å². The molecule has 4 N–H and O–H groups in total. The van der Waals surface area contributed by atoms with E-state index in [1.807, 2.05) is 49.8 Å². The van der Waals surface area contributed by atoms with Gasteiger partial charge < -0.3 is 20.9 Å². The number of aliphatic imine (C=N–C) groups is 1. The Balaban J connectivity index is 1.53. The average Bonchev–Trinajstić information content (AvgIpc) is 3.54. The standard InChI is InChI=1S/C26H29ClN8/c1-34-15-19(28)12-22(34)24-23(25-30-8-2-9-31-25)26(32-13-16-3-4-16)33-35(24)14-17-7-10-29-21-6-5-18(27)11-20(17)21/h5-7,10-12,15-16H,2-4,8-9,13-14,28H2,1H3,(H,30,31)(H,32,33). The maximum Gasteiger partial charge on any atom is 0.159 e. The van der Waals surface area contributed by atoms with Crippen molar-refractivity contribution in [3.05, 3.63) is 58.9 Å². The molecule has 35 heavy (non-hydrogen) atoms. The van der Waals surface area contributed by atoms with Gasteiger partial charge >= 0.3 is 0 Å². The van der Waals surface area contributed by atoms with Crippen LogP contribution in [0.25, 0.3) is 22.3 Å². The molecule has 1 saturated carbocycles. The quantitative estimate of drug-likeness (QED) is 0.360. The minimum Gasteiger partial charge on any atom is -0.397 e. The third-order valence-electron chi connectivity index (χ3n) is 6.72. The minimum absolute atomic E-state index is 0.561. The fraction of sp³-hybridized carbons (Fsp3) is 0.346. The number of hydrogen-bond donors (Lipinski definition) is 3. The molecule has 8 nitrogen and oxygen atoms in total. The molecule has 180 valence electrons.